The highest BCUT2D eigenvalue weighted by Crippen LogP contribution is 2.31. The molecule has 11 nitrogen and oxygen atoms in total. The lowest BCUT2D eigenvalue weighted by molar-refractivity contribution is -0.141. The largest absolute Gasteiger partial charge is 0.493 e. The van der Waals surface area contributed by atoms with Crippen LogP contribution in [0.2, 0.25) is 0 Å². The molecular weight excluding hydrogens is 540 g/mol. The van der Waals surface area contributed by atoms with Crippen LogP contribution in [-0.4, -0.2) is 45.1 Å². The Morgan fingerprint density at radius 3 is 2.02 bits per heavy atom. The normalized spacial score (nSPS) is 11.8. The molecule has 2 atom stereocenters. The first kappa shape index (κ1) is 31.5. The molecule has 42 heavy (non-hydrogen) atoms. The van der Waals surface area contributed by atoms with E-state index in [4.69, 9.17) is 14.2 Å². The maximum atomic E-state index is 13.0. The van der Waals surface area contributed by atoms with Crippen LogP contribution >= 0.6 is 0 Å². The molecule has 0 saturated heterocycles. The van der Waals surface area contributed by atoms with Crippen LogP contribution in [-0.2, 0) is 19.1 Å². The zero-order valence-electron chi connectivity index (χ0n) is 24.3. The number of ether oxygens (including phenoxy) is 3. The van der Waals surface area contributed by atoms with E-state index in [0.717, 1.165) is 5.56 Å². The summed E-state index contributed by atoms with van der Waals surface area (Å²) >= 11 is 0. The van der Waals surface area contributed by atoms with E-state index in [1.807, 2.05) is 31.2 Å². The maximum absolute atomic E-state index is 13.0. The molecule has 0 aliphatic heterocycles. The van der Waals surface area contributed by atoms with Crippen molar-refractivity contribution in [1.82, 2.24) is 5.32 Å². The van der Waals surface area contributed by atoms with Crippen LogP contribution in [0, 0.1) is 12.8 Å². The zero-order chi connectivity index (χ0) is 30.6. The van der Waals surface area contributed by atoms with Crippen molar-refractivity contribution in [2.75, 3.05) is 37.3 Å². The molecule has 3 aromatic carbocycles. The van der Waals surface area contributed by atoms with Gasteiger partial charge in [-0.15, -0.1) is 0 Å². The minimum Gasteiger partial charge on any atom is -0.493 e. The van der Waals surface area contributed by atoms with Gasteiger partial charge >= 0.3 is 12.0 Å². The Kier molecular flexibility index (Phi) is 11.3. The molecule has 0 aromatic heterocycles. The van der Waals surface area contributed by atoms with E-state index in [0.29, 0.717) is 34.1 Å². The van der Waals surface area contributed by atoms with Crippen molar-refractivity contribution < 1.29 is 33.4 Å². The highest BCUT2D eigenvalue weighted by molar-refractivity contribution is 6.00. The number of hydrogen-bond donors (Lipinski definition) is 4. The van der Waals surface area contributed by atoms with Gasteiger partial charge in [-0.25, -0.2) is 4.79 Å². The van der Waals surface area contributed by atoms with Crippen LogP contribution in [0.25, 0.3) is 0 Å². The molecule has 4 amide bonds. The van der Waals surface area contributed by atoms with E-state index in [1.165, 1.54) is 21.3 Å². The molecule has 222 valence electrons. The quantitative estimate of drug-likeness (QED) is 0.221. The average molecular weight is 577 g/mol. The van der Waals surface area contributed by atoms with Gasteiger partial charge in [0, 0.05) is 29.4 Å². The number of hydrogen-bond acceptors (Lipinski definition) is 7. The Hall–Kier alpha value is -5.06. The van der Waals surface area contributed by atoms with E-state index < -0.39 is 23.8 Å². The molecule has 3 aromatic rings. The number of rotatable bonds is 12. The number of nitrogens with one attached hydrogen (secondary N) is 4. The van der Waals surface area contributed by atoms with Crippen LogP contribution in [0.5, 0.6) is 11.5 Å². The van der Waals surface area contributed by atoms with Crippen molar-refractivity contribution in [2.24, 2.45) is 5.92 Å². The van der Waals surface area contributed by atoms with Gasteiger partial charge in [-0.1, -0.05) is 31.2 Å². The van der Waals surface area contributed by atoms with Crippen molar-refractivity contribution in [3.05, 3.63) is 77.9 Å². The minimum atomic E-state index is -0.710. The summed E-state index contributed by atoms with van der Waals surface area (Å²) in [5.41, 5.74) is 3.31. The summed E-state index contributed by atoms with van der Waals surface area (Å²) in [5.74, 6) is -1.04. The van der Waals surface area contributed by atoms with Gasteiger partial charge < -0.3 is 35.5 Å². The number of methoxy groups -OCH3 is 3. The van der Waals surface area contributed by atoms with E-state index in [1.54, 1.807) is 49.4 Å². The number of benzene rings is 3. The fourth-order valence-electron chi connectivity index (χ4n) is 4.10. The van der Waals surface area contributed by atoms with Gasteiger partial charge in [0.2, 0.25) is 11.8 Å². The molecule has 0 saturated carbocycles. The Bertz CT molecular complexity index is 1410. The highest BCUT2D eigenvalue weighted by atomic mass is 16.5. The molecule has 0 aliphatic rings. The molecule has 3 rings (SSSR count). The standard InChI is InChI=1S/C31H36N4O7/c1-19-8-6-7-9-24(19)35-31(39)33-23-13-11-22(12-14-23)32-28(36)16-20(2)30(38)34-25(18-29(37)42-5)21-10-15-26(40-3)27(17-21)41-4/h6-15,17,20,25H,16,18H2,1-5H3,(H,32,36)(H,34,38)(H2,33,35,39)/t20?,25-/m0/s1. The van der Waals surface area contributed by atoms with Crippen LogP contribution in [0.15, 0.2) is 66.7 Å². The molecule has 11 heteroatoms. The van der Waals surface area contributed by atoms with Crippen molar-refractivity contribution in [3.63, 3.8) is 0 Å². The SMILES string of the molecule is COC(=O)C[C@H](NC(=O)C(C)CC(=O)Nc1ccc(NC(=O)Nc2ccccc2C)cc1)c1ccc(OC)c(OC)c1. The van der Waals surface area contributed by atoms with Crippen LogP contribution < -0.4 is 30.7 Å². The lowest BCUT2D eigenvalue weighted by Crippen LogP contribution is -2.35. The van der Waals surface area contributed by atoms with Gasteiger partial charge in [-0.05, 0) is 60.5 Å². The van der Waals surface area contributed by atoms with Crippen LogP contribution in [0.4, 0.5) is 21.9 Å². The van der Waals surface area contributed by atoms with Crippen molar-refractivity contribution in [3.8, 4) is 11.5 Å². The third-order valence-corrected chi connectivity index (χ3v) is 6.48. The highest BCUT2D eigenvalue weighted by Gasteiger charge is 2.24. The second-order valence-corrected chi connectivity index (χ2v) is 9.58. The van der Waals surface area contributed by atoms with Crippen LogP contribution in [0.3, 0.4) is 0 Å². The fraction of sp³-hybridized carbons (Fsp3) is 0.290. The zero-order valence-corrected chi connectivity index (χ0v) is 24.3. The molecule has 0 heterocycles. The maximum Gasteiger partial charge on any atom is 0.323 e. The summed E-state index contributed by atoms with van der Waals surface area (Å²) in [6.45, 7) is 3.52. The average Bonchev–Trinajstić information content (AvgIpc) is 2.98. The molecular formula is C31H36N4O7. The molecule has 0 fully saturated rings. The second-order valence-electron chi connectivity index (χ2n) is 9.58. The van der Waals surface area contributed by atoms with Gasteiger partial charge in [0.15, 0.2) is 11.5 Å². The Balaban J connectivity index is 1.56. The lowest BCUT2D eigenvalue weighted by atomic mass is 10.0. The van der Waals surface area contributed by atoms with Gasteiger partial charge in [0.1, 0.15) is 0 Å². The Morgan fingerprint density at radius 1 is 0.762 bits per heavy atom. The van der Waals surface area contributed by atoms with Crippen molar-refractivity contribution in [1.29, 1.82) is 0 Å². The van der Waals surface area contributed by atoms with E-state index in [9.17, 15) is 19.2 Å². The third-order valence-electron chi connectivity index (χ3n) is 6.48. The van der Waals surface area contributed by atoms with E-state index in [-0.39, 0.29) is 24.8 Å². The molecule has 4 N–H and O–H groups in total. The summed E-state index contributed by atoms with van der Waals surface area (Å²) in [4.78, 5) is 50.1. The topological polar surface area (TPSA) is 144 Å². The predicted molar refractivity (Wildman–Crippen MR) is 160 cm³/mol. The monoisotopic (exact) mass is 576 g/mol. The van der Waals surface area contributed by atoms with Gasteiger partial charge in [0.05, 0.1) is 33.8 Å². The second kappa shape index (κ2) is 15.1. The molecule has 0 spiro atoms. The Morgan fingerprint density at radius 2 is 1.40 bits per heavy atom. The smallest absolute Gasteiger partial charge is 0.323 e. The fourth-order valence-corrected chi connectivity index (χ4v) is 4.10. The summed E-state index contributed by atoms with van der Waals surface area (Å²) in [7, 11) is 4.27. The van der Waals surface area contributed by atoms with Crippen LogP contribution in [0.1, 0.15) is 36.9 Å². The molecule has 0 bridgehead atoms. The number of urea groups is 1. The minimum absolute atomic E-state index is 0.0957. The number of anilines is 3. The number of para-hydroxylation sites is 1. The number of aryl methyl sites for hydroxylation is 1. The first-order valence-corrected chi connectivity index (χ1v) is 13.3. The Labute approximate surface area is 244 Å². The van der Waals surface area contributed by atoms with E-state index in [2.05, 4.69) is 21.3 Å². The van der Waals surface area contributed by atoms with Crippen molar-refractivity contribution >= 4 is 40.9 Å². The van der Waals surface area contributed by atoms with E-state index >= 15 is 0 Å². The van der Waals surface area contributed by atoms with Gasteiger partial charge in [-0.2, -0.15) is 0 Å². The van der Waals surface area contributed by atoms with Crippen molar-refractivity contribution in [2.45, 2.75) is 32.7 Å². The molecule has 1 unspecified atom stereocenters. The summed E-state index contributed by atoms with van der Waals surface area (Å²) in [5, 5.41) is 11.1. The number of carbonyl (C=O) groups is 4. The molecule has 0 aliphatic carbocycles. The first-order chi connectivity index (χ1) is 20.1. The van der Waals surface area contributed by atoms with Gasteiger partial charge in [-0.3, -0.25) is 14.4 Å². The number of amides is 4. The predicted octanol–water partition coefficient (Wildman–Crippen LogP) is 5.04. The number of esters is 1. The first-order valence-electron chi connectivity index (χ1n) is 13.3. The lowest BCUT2D eigenvalue weighted by Gasteiger charge is -2.22. The summed E-state index contributed by atoms with van der Waals surface area (Å²) in [6, 6.07) is 18.0. The molecule has 0 radical (unpaired) electrons. The summed E-state index contributed by atoms with van der Waals surface area (Å²) in [6.07, 6.45) is -0.207. The third kappa shape index (κ3) is 8.98. The number of carbonyl (C=O) groups excluding carboxylic acids is 4. The summed E-state index contributed by atoms with van der Waals surface area (Å²) < 4.78 is 15.4. The van der Waals surface area contributed by atoms with Gasteiger partial charge in [0.25, 0.3) is 0 Å².